The first-order valence-corrected chi connectivity index (χ1v) is 13.5. The molecule has 0 aromatic rings. The third-order valence-electron chi connectivity index (χ3n) is 11.8. The molecule has 4 fully saturated rings. The molecule has 33 heavy (non-hydrogen) atoms. The first-order chi connectivity index (χ1) is 15.2. The molecule has 4 saturated carbocycles. The Morgan fingerprint density at radius 3 is 2.15 bits per heavy atom. The summed E-state index contributed by atoms with van der Waals surface area (Å²) in [4.78, 5) is 0. The van der Waals surface area contributed by atoms with E-state index in [0.29, 0.717) is 11.8 Å². The summed E-state index contributed by atoms with van der Waals surface area (Å²) in [5, 5.41) is 34.3. The van der Waals surface area contributed by atoms with Gasteiger partial charge in [-0.3, -0.25) is 0 Å². The van der Waals surface area contributed by atoms with E-state index < -0.39 is 6.10 Å². The maximum atomic E-state index is 11.7. The van der Waals surface area contributed by atoms with Crippen molar-refractivity contribution in [3.05, 3.63) is 23.3 Å². The van der Waals surface area contributed by atoms with Crippen molar-refractivity contribution in [3.8, 4) is 0 Å². The number of allylic oxidation sites excluding steroid dienone is 4. The van der Waals surface area contributed by atoms with Crippen LogP contribution in [0.2, 0.25) is 0 Å². The number of hydrogen-bond donors (Lipinski definition) is 3. The minimum Gasteiger partial charge on any atom is -0.393 e. The van der Waals surface area contributed by atoms with Gasteiger partial charge in [-0.05, 0) is 111 Å². The average Bonchev–Trinajstić information content (AvgIpc) is 3.07. The molecule has 0 aromatic heterocycles. The third-order valence-corrected chi connectivity index (χ3v) is 11.8. The lowest BCUT2D eigenvalue weighted by atomic mass is 9.34. The van der Waals surface area contributed by atoms with Crippen LogP contribution in [0.4, 0.5) is 0 Å². The molecule has 0 aliphatic heterocycles. The van der Waals surface area contributed by atoms with E-state index in [1.54, 1.807) is 0 Å². The van der Waals surface area contributed by atoms with Crippen molar-refractivity contribution < 1.29 is 15.3 Å². The second-order valence-corrected chi connectivity index (χ2v) is 14.0. The minimum atomic E-state index is -0.401. The van der Waals surface area contributed by atoms with Crippen LogP contribution in [0.15, 0.2) is 23.3 Å². The van der Waals surface area contributed by atoms with Crippen LogP contribution in [0.5, 0.6) is 0 Å². The molecule has 4 aliphatic carbocycles. The van der Waals surface area contributed by atoms with Crippen molar-refractivity contribution in [1.82, 2.24) is 0 Å². The van der Waals surface area contributed by atoms with E-state index in [9.17, 15) is 15.3 Å². The summed E-state index contributed by atoms with van der Waals surface area (Å²) < 4.78 is 0. The van der Waals surface area contributed by atoms with Gasteiger partial charge in [-0.2, -0.15) is 0 Å². The Kier molecular flexibility index (Phi) is 6.33. The molecule has 0 bridgehead atoms. The van der Waals surface area contributed by atoms with Crippen LogP contribution in [-0.2, 0) is 0 Å². The Morgan fingerprint density at radius 2 is 1.52 bits per heavy atom. The lowest BCUT2D eigenvalue weighted by Gasteiger charge is -2.71. The zero-order valence-electron chi connectivity index (χ0n) is 22.5. The Hall–Kier alpha value is -0.640. The van der Waals surface area contributed by atoms with Crippen molar-refractivity contribution in [2.45, 2.75) is 119 Å². The summed E-state index contributed by atoms with van der Waals surface area (Å²) in [5.74, 6) is 1.13. The van der Waals surface area contributed by atoms with Crippen LogP contribution in [0.25, 0.3) is 0 Å². The lowest BCUT2D eigenvalue weighted by Crippen LogP contribution is -2.69. The van der Waals surface area contributed by atoms with Gasteiger partial charge in [0.1, 0.15) is 0 Å². The van der Waals surface area contributed by atoms with Gasteiger partial charge in [-0.15, -0.1) is 0 Å². The first kappa shape index (κ1) is 25.5. The normalized spacial score (nSPS) is 51.4. The highest BCUT2D eigenvalue weighted by Gasteiger charge is 2.72. The molecule has 3 nitrogen and oxygen atoms in total. The fourth-order valence-corrected chi connectivity index (χ4v) is 10.1. The number of fused-ring (bicyclic) bond motifs is 5. The molecular formula is C30H50O3. The Balaban J connectivity index is 1.71. The maximum Gasteiger partial charge on any atom is 0.0595 e. The first-order valence-electron chi connectivity index (χ1n) is 13.5. The van der Waals surface area contributed by atoms with E-state index in [2.05, 4.69) is 67.5 Å². The Morgan fingerprint density at radius 1 is 0.848 bits per heavy atom. The van der Waals surface area contributed by atoms with E-state index in [1.807, 2.05) is 0 Å². The van der Waals surface area contributed by atoms with E-state index in [-0.39, 0.29) is 45.7 Å². The molecule has 188 valence electrons. The third kappa shape index (κ3) is 3.54. The monoisotopic (exact) mass is 458 g/mol. The van der Waals surface area contributed by atoms with Gasteiger partial charge in [0.05, 0.1) is 18.3 Å². The summed E-state index contributed by atoms with van der Waals surface area (Å²) >= 11 is 0. The van der Waals surface area contributed by atoms with Gasteiger partial charge < -0.3 is 15.3 Å². The lowest BCUT2D eigenvalue weighted by molar-refractivity contribution is -0.270. The van der Waals surface area contributed by atoms with Crippen molar-refractivity contribution in [2.75, 3.05) is 0 Å². The molecule has 0 heterocycles. The van der Waals surface area contributed by atoms with Gasteiger partial charge in [0.25, 0.3) is 0 Å². The van der Waals surface area contributed by atoms with Crippen molar-refractivity contribution in [3.63, 3.8) is 0 Å². The van der Waals surface area contributed by atoms with Crippen LogP contribution in [0, 0.1) is 45.3 Å². The summed E-state index contributed by atoms with van der Waals surface area (Å²) in [6.07, 6.45) is 10.2. The van der Waals surface area contributed by atoms with Crippen LogP contribution >= 0.6 is 0 Å². The second kappa shape index (κ2) is 8.20. The Labute approximate surface area is 202 Å². The van der Waals surface area contributed by atoms with E-state index in [0.717, 1.165) is 44.9 Å². The quantitative estimate of drug-likeness (QED) is 0.436. The average molecular weight is 459 g/mol. The molecule has 3 N–H and O–H groups in total. The predicted molar refractivity (Wildman–Crippen MR) is 136 cm³/mol. The fourth-order valence-electron chi connectivity index (χ4n) is 10.1. The summed E-state index contributed by atoms with van der Waals surface area (Å²) in [5.41, 5.74) is 2.43. The summed E-state index contributed by atoms with van der Waals surface area (Å²) in [7, 11) is 0. The number of hydrogen-bond acceptors (Lipinski definition) is 3. The van der Waals surface area contributed by atoms with E-state index >= 15 is 0 Å². The van der Waals surface area contributed by atoms with Crippen molar-refractivity contribution in [1.29, 1.82) is 0 Å². The number of aliphatic hydroxyl groups excluding tert-OH is 3. The van der Waals surface area contributed by atoms with Gasteiger partial charge in [0.2, 0.25) is 0 Å². The van der Waals surface area contributed by atoms with Gasteiger partial charge in [0, 0.05) is 0 Å². The zero-order chi connectivity index (χ0) is 24.6. The molecular weight excluding hydrogens is 408 g/mol. The SMILES string of the molecule is CC(C)=CC/C=C(/C)[C@H]1CC[C@]2(C)[C@@H]1[C@H](O)C[C@@H]1[C@@]3(C)CC[C@H](O)C(C)(C)[C@@H]3[C@@H](O)C[C@]12C. The highest BCUT2D eigenvalue weighted by molar-refractivity contribution is 5.24. The highest BCUT2D eigenvalue weighted by Crippen LogP contribution is 2.75. The van der Waals surface area contributed by atoms with Crippen LogP contribution in [0.3, 0.4) is 0 Å². The van der Waals surface area contributed by atoms with Gasteiger partial charge in [-0.25, -0.2) is 0 Å². The van der Waals surface area contributed by atoms with Gasteiger partial charge in [0.15, 0.2) is 0 Å². The van der Waals surface area contributed by atoms with Crippen molar-refractivity contribution >= 4 is 0 Å². The number of rotatable bonds is 3. The molecule has 0 unspecified atom stereocenters. The van der Waals surface area contributed by atoms with Crippen LogP contribution < -0.4 is 0 Å². The Bertz CT molecular complexity index is 822. The highest BCUT2D eigenvalue weighted by atomic mass is 16.3. The molecule has 0 spiro atoms. The summed E-state index contributed by atoms with van der Waals surface area (Å²) in [6, 6.07) is 0. The standard InChI is InChI=1S/C30H50O3/c1-18(2)10-9-11-19(3)20-12-15-29(7)25(20)21(31)16-23-28(6)14-13-24(33)27(4,5)26(28)22(32)17-30(23,29)8/h10-11,20-26,31-33H,9,12-17H2,1-8H3/b19-11-/t20-,21-,22+,23-,24+,25+,26+,28-,29-,30-/m1/s1. The van der Waals surface area contributed by atoms with E-state index in [1.165, 1.54) is 11.1 Å². The number of aliphatic hydroxyl groups is 3. The van der Waals surface area contributed by atoms with Crippen LogP contribution in [0.1, 0.15) is 100 Å². The smallest absolute Gasteiger partial charge is 0.0595 e. The van der Waals surface area contributed by atoms with Gasteiger partial charge in [-0.1, -0.05) is 57.9 Å². The molecule has 0 amide bonds. The molecule has 0 radical (unpaired) electrons. The van der Waals surface area contributed by atoms with Crippen LogP contribution in [-0.4, -0.2) is 33.6 Å². The predicted octanol–water partition coefficient (Wildman–Crippen LogP) is 6.28. The molecule has 0 aromatic carbocycles. The topological polar surface area (TPSA) is 60.7 Å². The second-order valence-electron chi connectivity index (χ2n) is 14.0. The zero-order valence-corrected chi connectivity index (χ0v) is 22.5. The maximum absolute atomic E-state index is 11.7. The van der Waals surface area contributed by atoms with E-state index in [4.69, 9.17) is 0 Å². The summed E-state index contributed by atoms with van der Waals surface area (Å²) in [6.45, 7) is 18.1. The van der Waals surface area contributed by atoms with Gasteiger partial charge >= 0.3 is 0 Å². The fraction of sp³-hybridized carbons (Fsp3) is 0.867. The molecule has 4 rings (SSSR count). The minimum absolute atomic E-state index is 0.00508. The largest absolute Gasteiger partial charge is 0.393 e. The molecule has 3 heteroatoms. The molecule has 4 aliphatic rings. The van der Waals surface area contributed by atoms with Crippen molar-refractivity contribution in [2.24, 2.45) is 45.3 Å². The molecule has 10 atom stereocenters. The molecule has 0 saturated heterocycles.